The first-order valence-electron chi connectivity index (χ1n) is 5.41. The molecule has 0 atom stereocenters. The van der Waals surface area contributed by atoms with Gasteiger partial charge in [-0.2, -0.15) is 0 Å². The standard InChI is InChI=1S/C13H9ClN2S2/c14-13-12(15-16-18-13)8-17-11-6-5-9-3-1-2-4-10(9)7-11/h1-7H,8H2. The summed E-state index contributed by atoms with van der Waals surface area (Å²) in [6.07, 6.45) is 0. The molecule has 18 heavy (non-hydrogen) atoms. The molecule has 2 aromatic carbocycles. The fourth-order valence-electron chi connectivity index (χ4n) is 1.69. The van der Waals surface area contributed by atoms with Gasteiger partial charge < -0.3 is 0 Å². The van der Waals surface area contributed by atoms with Crippen LogP contribution in [0.1, 0.15) is 5.69 Å². The Hall–Kier alpha value is -1.10. The average molecular weight is 293 g/mol. The second-order valence-corrected chi connectivity index (χ2v) is 6.20. The van der Waals surface area contributed by atoms with Crippen molar-refractivity contribution in [3.8, 4) is 0 Å². The smallest absolute Gasteiger partial charge is 0.138 e. The van der Waals surface area contributed by atoms with E-state index < -0.39 is 0 Å². The van der Waals surface area contributed by atoms with E-state index in [-0.39, 0.29) is 0 Å². The summed E-state index contributed by atoms with van der Waals surface area (Å²) in [6, 6.07) is 14.8. The van der Waals surface area contributed by atoms with E-state index in [1.165, 1.54) is 27.2 Å². The fraction of sp³-hybridized carbons (Fsp3) is 0.0769. The molecule has 90 valence electrons. The van der Waals surface area contributed by atoms with Gasteiger partial charge in [-0.25, -0.2) is 0 Å². The van der Waals surface area contributed by atoms with Gasteiger partial charge in [-0.15, -0.1) is 16.9 Å². The zero-order valence-corrected chi connectivity index (χ0v) is 11.7. The maximum absolute atomic E-state index is 5.98. The molecule has 0 fully saturated rings. The highest BCUT2D eigenvalue weighted by Crippen LogP contribution is 2.29. The second-order valence-electron chi connectivity index (χ2n) is 3.79. The fourth-order valence-corrected chi connectivity index (χ4v) is 3.37. The number of benzene rings is 2. The summed E-state index contributed by atoms with van der Waals surface area (Å²) in [7, 11) is 0. The van der Waals surface area contributed by atoms with E-state index in [1.807, 2.05) is 0 Å². The molecule has 0 radical (unpaired) electrons. The molecule has 0 spiro atoms. The second kappa shape index (κ2) is 5.26. The van der Waals surface area contributed by atoms with Gasteiger partial charge in [0, 0.05) is 22.2 Å². The third kappa shape index (κ3) is 2.51. The molecule has 0 aliphatic carbocycles. The monoisotopic (exact) mass is 292 g/mol. The largest absolute Gasteiger partial charge is 0.141 e. The van der Waals surface area contributed by atoms with Gasteiger partial charge in [-0.05, 0) is 22.9 Å². The third-order valence-corrected chi connectivity index (χ3v) is 4.60. The third-order valence-electron chi connectivity index (χ3n) is 2.61. The van der Waals surface area contributed by atoms with E-state index >= 15 is 0 Å². The molecule has 0 bridgehead atoms. The molecule has 0 saturated carbocycles. The van der Waals surface area contributed by atoms with Crippen LogP contribution in [-0.2, 0) is 5.75 Å². The quantitative estimate of drug-likeness (QED) is 0.658. The molecule has 0 amide bonds. The number of hydrogen-bond acceptors (Lipinski definition) is 4. The Bertz CT molecular complexity index is 681. The van der Waals surface area contributed by atoms with Gasteiger partial charge in [0.25, 0.3) is 0 Å². The van der Waals surface area contributed by atoms with Crippen LogP contribution < -0.4 is 0 Å². The lowest BCUT2D eigenvalue weighted by Crippen LogP contribution is -1.82. The van der Waals surface area contributed by atoms with Crippen LogP contribution in [0.4, 0.5) is 0 Å². The van der Waals surface area contributed by atoms with Crippen molar-refractivity contribution in [2.24, 2.45) is 0 Å². The van der Waals surface area contributed by atoms with E-state index in [0.29, 0.717) is 4.34 Å². The first-order valence-corrected chi connectivity index (χ1v) is 7.55. The summed E-state index contributed by atoms with van der Waals surface area (Å²) in [5.74, 6) is 0.758. The minimum atomic E-state index is 0.684. The molecule has 3 aromatic rings. The number of halogens is 1. The van der Waals surface area contributed by atoms with Crippen LogP contribution in [0, 0.1) is 0 Å². The van der Waals surface area contributed by atoms with Crippen LogP contribution in [0.3, 0.4) is 0 Å². The number of fused-ring (bicyclic) bond motifs is 1. The van der Waals surface area contributed by atoms with E-state index in [9.17, 15) is 0 Å². The first kappa shape index (κ1) is 12.0. The van der Waals surface area contributed by atoms with Crippen molar-refractivity contribution in [2.75, 3.05) is 0 Å². The zero-order valence-electron chi connectivity index (χ0n) is 9.34. The van der Waals surface area contributed by atoms with Crippen molar-refractivity contribution in [3.63, 3.8) is 0 Å². The summed E-state index contributed by atoms with van der Waals surface area (Å²) in [5, 5.41) is 6.52. The molecular formula is C13H9ClN2S2. The van der Waals surface area contributed by atoms with Crippen LogP contribution >= 0.6 is 34.9 Å². The molecule has 2 nitrogen and oxygen atoms in total. The van der Waals surface area contributed by atoms with Gasteiger partial charge in [0.2, 0.25) is 0 Å². The summed E-state index contributed by atoms with van der Waals surface area (Å²) < 4.78 is 4.51. The maximum atomic E-state index is 5.98. The molecule has 0 saturated heterocycles. The van der Waals surface area contributed by atoms with Crippen molar-refractivity contribution >= 4 is 45.7 Å². The van der Waals surface area contributed by atoms with E-state index in [1.54, 1.807) is 11.8 Å². The highest BCUT2D eigenvalue weighted by molar-refractivity contribution is 7.98. The summed E-state index contributed by atoms with van der Waals surface area (Å²) in [5.41, 5.74) is 0.861. The van der Waals surface area contributed by atoms with Crippen molar-refractivity contribution in [2.45, 2.75) is 10.6 Å². The molecule has 5 heteroatoms. The van der Waals surface area contributed by atoms with Gasteiger partial charge in [0.15, 0.2) is 0 Å². The van der Waals surface area contributed by atoms with Gasteiger partial charge in [0.1, 0.15) is 10.0 Å². The Morgan fingerprint density at radius 3 is 2.72 bits per heavy atom. The highest BCUT2D eigenvalue weighted by Gasteiger charge is 2.06. The molecule has 0 aliphatic rings. The van der Waals surface area contributed by atoms with Crippen LogP contribution in [-0.4, -0.2) is 9.59 Å². The predicted molar refractivity (Wildman–Crippen MR) is 78.4 cm³/mol. The van der Waals surface area contributed by atoms with Crippen molar-refractivity contribution in [1.29, 1.82) is 0 Å². The lowest BCUT2D eigenvalue weighted by atomic mass is 10.1. The molecule has 1 aromatic heterocycles. The minimum absolute atomic E-state index is 0.684. The van der Waals surface area contributed by atoms with E-state index in [4.69, 9.17) is 11.6 Å². The molecule has 3 rings (SSSR count). The van der Waals surface area contributed by atoms with Crippen molar-refractivity contribution in [1.82, 2.24) is 9.59 Å². The summed E-state index contributed by atoms with van der Waals surface area (Å²) in [6.45, 7) is 0. The zero-order chi connectivity index (χ0) is 12.4. The lowest BCUT2D eigenvalue weighted by Gasteiger charge is -2.02. The molecule has 0 aliphatic heterocycles. The van der Waals surface area contributed by atoms with E-state index in [0.717, 1.165) is 11.4 Å². The highest BCUT2D eigenvalue weighted by atomic mass is 35.5. The molecule has 1 heterocycles. The van der Waals surface area contributed by atoms with Crippen molar-refractivity contribution in [3.05, 3.63) is 52.5 Å². The maximum Gasteiger partial charge on any atom is 0.138 e. The Labute approximate surface area is 118 Å². The number of rotatable bonds is 3. The summed E-state index contributed by atoms with van der Waals surface area (Å²) >= 11 is 8.94. The topological polar surface area (TPSA) is 25.8 Å². The number of hydrogen-bond donors (Lipinski definition) is 0. The van der Waals surface area contributed by atoms with E-state index in [2.05, 4.69) is 52.1 Å². The number of nitrogens with zero attached hydrogens (tertiary/aromatic N) is 2. The lowest BCUT2D eigenvalue weighted by molar-refractivity contribution is 1.07. The Morgan fingerprint density at radius 1 is 1.11 bits per heavy atom. The SMILES string of the molecule is Clc1snnc1CSc1ccc2ccccc2c1. The Kier molecular flexibility index (Phi) is 3.50. The van der Waals surface area contributed by atoms with Gasteiger partial charge in [-0.3, -0.25) is 0 Å². The Balaban J connectivity index is 1.81. The first-order chi connectivity index (χ1) is 8.83. The van der Waals surface area contributed by atoms with Gasteiger partial charge in [-0.1, -0.05) is 46.4 Å². The predicted octanol–water partition coefficient (Wildman–Crippen LogP) is 4.64. The Morgan fingerprint density at radius 2 is 1.94 bits per heavy atom. The van der Waals surface area contributed by atoms with Gasteiger partial charge >= 0.3 is 0 Å². The normalized spacial score (nSPS) is 10.9. The average Bonchev–Trinajstić information content (AvgIpc) is 2.82. The summed E-state index contributed by atoms with van der Waals surface area (Å²) in [4.78, 5) is 1.22. The van der Waals surface area contributed by atoms with Crippen LogP contribution in [0.15, 0.2) is 47.4 Å². The van der Waals surface area contributed by atoms with Crippen molar-refractivity contribution < 1.29 is 0 Å². The molecule has 0 N–H and O–H groups in total. The minimum Gasteiger partial charge on any atom is -0.141 e. The molecular weight excluding hydrogens is 284 g/mol. The van der Waals surface area contributed by atoms with Crippen LogP contribution in [0.5, 0.6) is 0 Å². The van der Waals surface area contributed by atoms with Crippen LogP contribution in [0.2, 0.25) is 4.34 Å². The molecule has 0 unspecified atom stereocenters. The number of aromatic nitrogens is 2. The van der Waals surface area contributed by atoms with Crippen LogP contribution in [0.25, 0.3) is 10.8 Å². The number of thioether (sulfide) groups is 1. The van der Waals surface area contributed by atoms with Gasteiger partial charge in [0.05, 0.1) is 0 Å².